The lowest BCUT2D eigenvalue weighted by atomic mass is 9.93. The van der Waals surface area contributed by atoms with Crippen LogP contribution in [-0.4, -0.2) is 35.5 Å². The molecule has 1 saturated carbocycles. The lowest BCUT2D eigenvalue weighted by Crippen LogP contribution is -2.43. The van der Waals surface area contributed by atoms with Crippen molar-refractivity contribution in [2.75, 3.05) is 7.05 Å². The molecule has 0 radical (unpaired) electrons. The fourth-order valence-electron chi connectivity index (χ4n) is 1.82. The van der Waals surface area contributed by atoms with Crippen molar-refractivity contribution in [2.24, 2.45) is 0 Å². The molecule has 1 atom stereocenters. The smallest absolute Gasteiger partial charge is 0.410 e. The van der Waals surface area contributed by atoms with Crippen LogP contribution < -0.4 is 0 Å². The topological polar surface area (TPSA) is 46.6 Å². The molecule has 0 aliphatic heterocycles. The summed E-state index contributed by atoms with van der Waals surface area (Å²) in [6, 6.07) is 0.0103. The molecule has 0 bridgehead atoms. The fourth-order valence-corrected chi connectivity index (χ4v) is 1.82. The van der Waals surface area contributed by atoms with Crippen LogP contribution in [0.1, 0.15) is 46.5 Å². The molecule has 0 heterocycles. The molecule has 1 amide bonds. The summed E-state index contributed by atoms with van der Waals surface area (Å²) in [6.45, 7) is 5.51. The Labute approximate surface area is 96.9 Å². The van der Waals surface area contributed by atoms with Gasteiger partial charge in [-0.2, -0.15) is 0 Å². The van der Waals surface area contributed by atoms with Crippen LogP contribution in [0.5, 0.6) is 0 Å². The van der Waals surface area contributed by atoms with Gasteiger partial charge in [-0.3, -0.25) is 4.79 Å². The standard InChI is InChI=1S/C12H21NO3/c1-12(2,3)16-11(15)13(4)9-6-5-7-10(14)8-9/h9H,5-8H2,1-4H3. The van der Waals surface area contributed by atoms with Crippen LogP contribution in [0.2, 0.25) is 0 Å². The second-order valence-corrected chi connectivity index (χ2v) is 5.38. The van der Waals surface area contributed by atoms with Gasteiger partial charge in [0.15, 0.2) is 0 Å². The number of nitrogens with zero attached hydrogens (tertiary/aromatic N) is 1. The Bertz CT molecular complexity index is 280. The Morgan fingerprint density at radius 2 is 2.06 bits per heavy atom. The maximum absolute atomic E-state index is 11.8. The molecule has 1 rings (SSSR count). The molecule has 0 aromatic heterocycles. The van der Waals surface area contributed by atoms with Gasteiger partial charge in [0.25, 0.3) is 0 Å². The summed E-state index contributed by atoms with van der Waals surface area (Å²) in [6.07, 6.45) is 2.54. The Balaban J connectivity index is 2.53. The largest absolute Gasteiger partial charge is 0.444 e. The van der Waals surface area contributed by atoms with E-state index in [4.69, 9.17) is 4.74 Å². The van der Waals surface area contributed by atoms with Crippen LogP contribution in [0.25, 0.3) is 0 Å². The average molecular weight is 227 g/mol. The highest BCUT2D eigenvalue weighted by Gasteiger charge is 2.28. The Kier molecular flexibility index (Phi) is 3.94. The zero-order valence-corrected chi connectivity index (χ0v) is 10.6. The van der Waals surface area contributed by atoms with E-state index >= 15 is 0 Å². The molecule has 4 heteroatoms. The van der Waals surface area contributed by atoms with Gasteiger partial charge in [-0.25, -0.2) is 4.79 Å². The Hall–Kier alpha value is -1.06. The fraction of sp³-hybridized carbons (Fsp3) is 0.833. The van der Waals surface area contributed by atoms with Crippen LogP contribution in [0, 0.1) is 0 Å². The van der Waals surface area contributed by atoms with Crippen molar-refractivity contribution in [2.45, 2.75) is 58.1 Å². The van der Waals surface area contributed by atoms with Gasteiger partial charge in [0.05, 0.1) is 0 Å². The number of ether oxygens (including phenoxy) is 1. The zero-order valence-electron chi connectivity index (χ0n) is 10.6. The average Bonchev–Trinajstić information content (AvgIpc) is 2.14. The SMILES string of the molecule is CN(C(=O)OC(C)(C)C)C1CCCC(=O)C1. The van der Waals surface area contributed by atoms with Gasteiger partial charge >= 0.3 is 6.09 Å². The van der Waals surface area contributed by atoms with Crippen molar-refractivity contribution < 1.29 is 14.3 Å². The minimum absolute atomic E-state index is 0.0103. The van der Waals surface area contributed by atoms with E-state index in [2.05, 4.69) is 0 Å². The number of hydrogen-bond acceptors (Lipinski definition) is 3. The van der Waals surface area contributed by atoms with Crippen LogP contribution in [0.3, 0.4) is 0 Å². The lowest BCUT2D eigenvalue weighted by Gasteiger charge is -2.32. The number of carbonyl (C=O) groups is 2. The van der Waals surface area contributed by atoms with E-state index < -0.39 is 5.60 Å². The van der Waals surface area contributed by atoms with Gasteiger partial charge in [0, 0.05) is 25.9 Å². The summed E-state index contributed by atoms with van der Waals surface area (Å²) in [7, 11) is 1.71. The van der Waals surface area contributed by atoms with Crippen molar-refractivity contribution >= 4 is 11.9 Å². The number of rotatable bonds is 1. The third-order valence-corrected chi connectivity index (χ3v) is 2.69. The van der Waals surface area contributed by atoms with Crippen molar-refractivity contribution in [1.82, 2.24) is 4.90 Å². The highest BCUT2D eigenvalue weighted by Crippen LogP contribution is 2.21. The molecule has 4 nitrogen and oxygen atoms in total. The molecule has 0 saturated heterocycles. The van der Waals surface area contributed by atoms with Crippen molar-refractivity contribution in [1.29, 1.82) is 0 Å². The zero-order chi connectivity index (χ0) is 12.3. The van der Waals surface area contributed by atoms with Gasteiger partial charge in [-0.1, -0.05) is 0 Å². The molecular formula is C12H21NO3. The van der Waals surface area contributed by atoms with Gasteiger partial charge in [0.1, 0.15) is 11.4 Å². The first-order valence-corrected chi connectivity index (χ1v) is 5.77. The number of Topliss-reactive ketones (excluding diaryl/α,β-unsaturated/α-hetero) is 1. The van der Waals surface area contributed by atoms with Gasteiger partial charge < -0.3 is 9.64 Å². The monoisotopic (exact) mass is 227 g/mol. The molecule has 0 aromatic carbocycles. The minimum atomic E-state index is -0.482. The molecule has 1 fully saturated rings. The van der Waals surface area contributed by atoms with Gasteiger partial charge in [0.2, 0.25) is 0 Å². The van der Waals surface area contributed by atoms with Crippen molar-refractivity contribution in [3.63, 3.8) is 0 Å². The third kappa shape index (κ3) is 3.83. The highest BCUT2D eigenvalue weighted by atomic mass is 16.6. The number of amides is 1. The second kappa shape index (κ2) is 4.85. The number of hydrogen-bond donors (Lipinski definition) is 0. The number of ketones is 1. The van der Waals surface area contributed by atoms with E-state index in [1.54, 1.807) is 11.9 Å². The van der Waals surface area contributed by atoms with E-state index in [0.717, 1.165) is 12.8 Å². The third-order valence-electron chi connectivity index (χ3n) is 2.69. The highest BCUT2D eigenvalue weighted by molar-refractivity contribution is 5.80. The predicted octanol–water partition coefficient (Wildman–Crippen LogP) is 2.37. The van der Waals surface area contributed by atoms with E-state index in [1.807, 2.05) is 20.8 Å². The van der Waals surface area contributed by atoms with E-state index in [-0.39, 0.29) is 17.9 Å². The second-order valence-electron chi connectivity index (χ2n) is 5.38. The van der Waals surface area contributed by atoms with E-state index in [0.29, 0.717) is 12.8 Å². The first kappa shape index (κ1) is 13.0. The minimum Gasteiger partial charge on any atom is -0.444 e. The van der Waals surface area contributed by atoms with Crippen LogP contribution in [0.15, 0.2) is 0 Å². The maximum Gasteiger partial charge on any atom is 0.410 e. The predicted molar refractivity (Wildman–Crippen MR) is 61.3 cm³/mol. The quantitative estimate of drug-likeness (QED) is 0.691. The summed E-state index contributed by atoms with van der Waals surface area (Å²) in [5, 5.41) is 0. The molecule has 16 heavy (non-hydrogen) atoms. The summed E-state index contributed by atoms with van der Waals surface area (Å²) < 4.78 is 5.26. The first-order valence-electron chi connectivity index (χ1n) is 5.77. The summed E-state index contributed by atoms with van der Waals surface area (Å²) in [5.74, 6) is 0.242. The van der Waals surface area contributed by atoms with E-state index in [1.165, 1.54) is 0 Å². The molecule has 1 aliphatic rings. The molecule has 0 spiro atoms. The lowest BCUT2D eigenvalue weighted by molar-refractivity contribution is -0.121. The summed E-state index contributed by atoms with van der Waals surface area (Å²) in [4.78, 5) is 24.6. The summed E-state index contributed by atoms with van der Waals surface area (Å²) in [5.41, 5.74) is -0.482. The first-order chi connectivity index (χ1) is 7.29. The van der Waals surface area contributed by atoms with Crippen molar-refractivity contribution in [3.05, 3.63) is 0 Å². The van der Waals surface area contributed by atoms with Crippen molar-refractivity contribution in [3.8, 4) is 0 Å². The molecule has 1 unspecified atom stereocenters. The van der Waals surface area contributed by atoms with Gasteiger partial charge in [-0.05, 0) is 33.6 Å². The molecule has 0 N–H and O–H groups in total. The molecule has 92 valence electrons. The van der Waals surface area contributed by atoms with E-state index in [9.17, 15) is 9.59 Å². The van der Waals surface area contributed by atoms with Gasteiger partial charge in [-0.15, -0.1) is 0 Å². The Morgan fingerprint density at radius 3 is 2.56 bits per heavy atom. The molecular weight excluding hydrogens is 206 g/mol. The van der Waals surface area contributed by atoms with Crippen LogP contribution >= 0.6 is 0 Å². The molecule has 1 aliphatic carbocycles. The summed E-state index contributed by atoms with van der Waals surface area (Å²) >= 11 is 0. The number of carbonyl (C=O) groups excluding carboxylic acids is 2. The molecule has 0 aromatic rings. The Morgan fingerprint density at radius 1 is 1.44 bits per heavy atom. The van der Waals surface area contributed by atoms with Crippen LogP contribution in [-0.2, 0) is 9.53 Å². The van der Waals surface area contributed by atoms with Crippen LogP contribution in [0.4, 0.5) is 4.79 Å². The normalized spacial score (nSPS) is 21.8. The maximum atomic E-state index is 11.8.